The number of hydrogen-bond acceptors (Lipinski definition) is 7. The van der Waals surface area contributed by atoms with Gasteiger partial charge in [0.2, 0.25) is 11.8 Å². The molecule has 0 saturated carbocycles. The van der Waals surface area contributed by atoms with Crippen molar-refractivity contribution in [2.75, 3.05) is 5.73 Å². The van der Waals surface area contributed by atoms with Gasteiger partial charge < -0.3 is 16.2 Å². The van der Waals surface area contributed by atoms with Crippen LogP contribution in [-0.4, -0.2) is 20.2 Å². The van der Waals surface area contributed by atoms with Crippen molar-refractivity contribution in [2.24, 2.45) is 5.73 Å². The summed E-state index contributed by atoms with van der Waals surface area (Å²) in [6, 6.07) is 11.6. The van der Waals surface area contributed by atoms with Gasteiger partial charge in [0.15, 0.2) is 0 Å². The number of tetrazole rings is 1. The summed E-state index contributed by atoms with van der Waals surface area (Å²) in [6.07, 6.45) is 0. The second kappa shape index (κ2) is 5.21. The van der Waals surface area contributed by atoms with Crippen molar-refractivity contribution in [3.63, 3.8) is 0 Å². The van der Waals surface area contributed by atoms with E-state index in [0.717, 1.165) is 5.56 Å². The van der Waals surface area contributed by atoms with E-state index >= 15 is 0 Å². The van der Waals surface area contributed by atoms with Crippen LogP contribution in [0.15, 0.2) is 47.5 Å². The Morgan fingerprint density at radius 2 is 2.00 bits per heavy atom. The Labute approximate surface area is 126 Å². The Morgan fingerprint density at radius 3 is 2.59 bits per heavy atom. The first kappa shape index (κ1) is 13.6. The van der Waals surface area contributed by atoms with Gasteiger partial charge in [0.05, 0.1) is 11.6 Å². The third-order valence-electron chi connectivity index (χ3n) is 3.43. The highest BCUT2D eigenvalue weighted by atomic mass is 16.5. The van der Waals surface area contributed by atoms with Crippen molar-refractivity contribution >= 4 is 11.6 Å². The number of benzene rings is 1. The van der Waals surface area contributed by atoms with Gasteiger partial charge >= 0.3 is 0 Å². The average molecular weight is 295 g/mol. The second-order valence-corrected chi connectivity index (χ2v) is 4.73. The number of nitrogens with zero attached hydrogens (tertiary/aromatic N) is 5. The van der Waals surface area contributed by atoms with Crippen molar-refractivity contribution in [3.8, 4) is 6.07 Å². The number of aromatic nitrogens is 4. The van der Waals surface area contributed by atoms with Crippen LogP contribution in [0.4, 0.5) is 5.95 Å². The van der Waals surface area contributed by atoms with Crippen molar-refractivity contribution in [2.45, 2.75) is 12.8 Å². The fourth-order valence-electron chi connectivity index (χ4n) is 2.48. The SMILES string of the molecule is CC1=C(n2nnnc2N)[C@H](c2ccccc2)C(C#N)=C(N)O1. The van der Waals surface area contributed by atoms with Crippen LogP contribution in [0.2, 0.25) is 0 Å². The van der Waals surface area contributed by atoms with Gasteiger partial charge in [0, 0.05) is 0 Å². The van der Waals surface area contributed by atoms with E-state index in [-0.39, 0.29) is 11.8 Å². The average Bonchev–Trinajstić information content (AvgIpc) is 2.93. The number of allylic oxidation sites excluding steroid dienone is 3. The van der Waals surface area contributed by atoms with Crippen LogP contribution < -0.4 is 11.5 Å². The molecule has 1 atom stereocenters. The van der Waals surface area contributed by atoms with Crippen LogP contribution in [0.5, 0.6) is 0 Å². The fourth-order valence-corrected chi connectivity index (χ4v) is 2.48. The first-order valence-electron chi connectivity index (χ1n) is 6.51. The van der Waals surface area contributed by atoms with E-state index in [1.54, 1.807) is 6.92 Å². The summed E-state index contributed by atoms with van der Waals surface area (Å²) in [5, 5.41) is 20.6. The third-order valence-corrected chi connectivity index (χ3v) is 3.43. The van der Waals surface area contributed by atoms with Crippen molar-refractivity contribution in [1.29, 1.82) is 5.26 Å². The predicted molar refractivity (Wildman–Crippen MR) is 78.2 cm³/mol. The lowest BCUT2D eigenvalue weighted by molar-refractivity contribution is 0.287. The number of rotatable bonds is 2. The Bertz CT molecular complexity index is 813. The Kier molecular flexibility index (Phi) is 3.23. The van der Waals surface area contributed by atoms with Gasteiger partial charge in [-0.1, -0.05) is 35.4 Å². The standard InChI is InChI=1S/C14H13N7O/c1-8-12(21-14(17)18-19-20-21)11(9-5-3-2-4-6-9)10(7-15)13(16)22-8/h2-6,11H,16H2,1H3,(H2,17,18,20)/t11-/m1/s1. The van der Waals surface area contributed by atoms with E-state index in [2.05, 4.69) is 21.6 Å². The normalized spacial score (nSPS) is 18.1. The van der Waals surface area contributed by atoms with Gasteiger partial charge in [-0.25, -0.2) is 0 Å². The lowest BCUT2D eigenvalue weighted by Gasteiger charge is -2.27. The molecule has 0 bridgehead atoms. The highest BCUT2D eigenvalue weighted by Crippen LogP contribution is 2.41. The topological polar surface area (TPSA) is 129 Å². The van der Waals surface area contributed by atoms with Gasteiger partial charge in [-0.2, -0.15) is 9.94 Å². The Morgan fingerprint density at radius 1 is 1.27 bits per heavy atom. The second-order valence-electron chi connectivity index (χ2n) is 4.73. The number of nitriles is 1. The molecule has 8 nitrogen and oxygen atoms in total. The zero-order valence-corrected chi connectivity index (χ0v) is 11.8. The van der Waals surface area contributed by atoms with Gasteiger partial charge in [-0.15, -0.1) is 0 Å². The minimum absolute atomic E-state index is 0.0734. The van der Waals surface area contributed by atoms with E-state index in [0.29, 0.717) is 17.0 Å². The molecule has 1 aromatic heterocycles. The molecular weight excluding hydrogens is 282 g/mol. The number of nitrogens with two attached hydrogens (primary N) is 2. The fraction of sp³-hybridized carbons (Fsp3) is 0.143. The zero-order valence-electron chi connectivity index (χ0n) is 11.8. The molecule has 0 radical (unpaired) electrons. The van der Waals surface area contributed by atoms with Gasteiger partial charge in [0.1, 0.15) is 17.4 Å². The molecule has 3 rings (SSSR count). The minimum Gasteiger partial charge on any atom is -0.443 e. The Hall–Kier alpha value is -3.34. The molecule has 0 amide bonds. The maximum Gasteiger partial charge on any atom is 0.244 e. The molecule has 0 fully saturated rings. The summed E-state index contributed by atoms with van der Waals surface area (Å²) < 4.78 is 6.83. The number of nitrogen functional groups attached to an aromatic ring is 1. The highest BCUT2D eigenvalue weighted by molar-refractivity contribution is 5.68. The molecule has 1 aromatic carbocycles. The van der Waals surface area contributed by atoms with Crippen LogP contribution in [0, 0.1) is 11.3 Å². The summed E-state index contributed by atoms with van der Waals surface area (Å²) in [4.78, 5) is 0. The Balaban J connectivity index is 2.24. The van der Waals surface area contributed by atoms with Crippen molar-refractivity contribution in [1.82, 2.24) is 20.2 Å². The largest absolute Gasteiger partial charge is 0.443 e. The first-order valence-corrected chi connectivity index (χ1v) is 6.51. The maximum atomic E-state index is 9.48. The van der Waals surface area contributed by atoms with Crippen LogP contribution in [-0.2, 0) is 4.74 Å². The first-order chi connectivity index (χ1) is 10.6. The van der Waals surface area contributed by atoms with E-state index in [4.69, 9.17) is 16.2 Å². The molecule has 1 aliphatic heterocycles. The summed E-state index contributed by atoms with van der Waals surface area (Å²) in [5.41, 5.74) is 13.4. The third kappa shape index (κ3) is 2.05. The summed E-state index contributed by atoms with van der Waals surface area (Å²) >= 11 is 0. The summed E-state index contributed by atoms with van der Waals surface area (Å²) in [5.74, 6) is 0.219. The molecule has 2 aromatic rings. The molecule has 4 N–H and O–H groups in total. The lowest BCUT2D eigenvalue weighted by atomic mass is 9.87. The minimum atomic E-state index is -0.453. The van der Waals surface area contributed by atoms with Crippen LogP contribution in [0.25, 0.3) is 5.70 Å². The van der Waals surface area contributed by atoms with E-state index in [9.17, 15) is 5.26 Å². The van der Waals surface area contributed by atoms with Crippen LogP contribution in [0.3, 0.4) is 0 Å². The number of ether oxygens (including phenoxy) is 1. The van der Waals surface area contributed by atoms with E-state index < -0.39 is 5.92 Å². The molecular formula is C14H13N7O. The summed E-state index contributed by atoms with van der Waals surface area (Å²) in [6.45, 7) is 1.73. The molecule has 0 spiro atoms. The van der Waals surface area contributed by atoms with Gasteiger partial charge in [-0.05, 0) is 22.9 Å². The van der Waals surface area contributed by atoms with Crippen molar-refractivity contribution in [3.05, 3.63) is 53.1 Å². The molecule has 1 aliphatic rings. The van der Waals surface area contributed by atoms with Crippen molar-refractivity contribution < 1.29 is 4.74 Å². The van der Waals surface area contributed by atoms with Crippen LogP contribution in [0.1, 0.15) is 18.4 Å². The lowest BCUT2D eigenvalue weighted by Crippen LogP contribution is -2.23. The molecule has 0 unspecified atom stereocenters. The van der Waals surface area contributed by atoms with Gasteiger partial charge in [-0.3, -0.25) is 0 Å². The maximum absolute atomic E-state index is 9.48. The monoisotopic (exact) mass is 295 g/mol. The quantitative estimate of drug-likeness (QED) is 0.843. The molecule has 0 saturated heterocycles. The molecule has 22 heavy (non-hydrogen) atoms. The van der Waals surface area contributed by atoms with E-state index in [1.165, 1.54) is 4.68 Å². The molecule has 8 heteroatoms. The molecule has 2 heterocycles. The number of hydrogen-bond donors (Lipinski definition) is 2. The molecule has 0 aliphatic carbocycles. The smallest absolute Gasteiger partial charge is 0.244 e. The zero-order chi connectivity index (χ0) is 15.7. The number of anilines is 1. The van der Waals surface area contributed by atoms with Gasteiger partial charge in [0.25, 0.3) is 0 Å². The van der Waals surface area contributed by atoms with Crippen LogP contribution >= 0.6 is 0 Å². The molecule has 110 valence electrons. The predicted octanol–water partition coefficient (Wildman–Crippen LogP) is 0.952. The van der Waals surface area contributed by atoms with E-state index in [1.807, 2.05) is 30.3 Å². The summed E-state index contributed by atoms with van der Waals surface area (Å²) in [7, 11) is 0. The highest BCUT2D eigenvalue weighted by Gasteiger charge is 2.34.